The summed E-state index contributed by atoms with van der Waals surface area (Å²) in [5, 5.41) is 4.93. The Morgan fingerprint density at radius 2 is 1.86 bits per heavy atom. The fourth-order valence-electron chi connectivity index (χ4n) is 1.90. The van der Waals surface area contributed by atoms with Crippen molar-refractivity contribution in [3.8, 4) is 0 Å². The van der Waals surface area contributed by atoms with Gasteiger partial charge in [-0.25, -0.2) is 13.8 Å². The Morgan fingerprint density at radius 3 is 2.71 bits per heavy atom. The van der Waals surface area contributed by atoms with E-state index in [4.69, 9.17) is 0 Å². The lowest BCUT2D eigenvalue weighted by molar-refractivity contribution is 0.582. The number of rotatable bonds is 3. The summed E-state index contributed by atoms with van der Waals surface area (Å²) in [5.74, 6) is -0.728. The lowest BCUT2D eigenvalue weighted by Crippen LogP contribution is -1.95. The minimum absolute atomic E-state index is 0.199. The summed E-state index contributed by atoms with van der Waals surface area (Å²) in [6, 6.07) is 14.7. The van der Waals surface area contributed by atoms with Gasteiger partial charge in [0, 0.05) is 17.0 Å². The normalized spacial score (nSPS) is 11.1. The lowest BCUT2D eigenvalue weighted by atomic mass is 10.2. The van der Waals surface area contributed by atoms with Gasteiger partial charge in [-0.3, -0.25) is 5.43 Å². The van der Waals surface area contributed by atoms with Crippen LogP contribution < -0.4 is 5.43 Å². The van der Waals surface area contributed by atoms with Crippen LogP contribution >= 0.6 is 0 Å². The predicted octanol–water partition coefficient (Wildman–Crippen LogP) is 3.96. The number of hydrogen-bond acceptors (Lipinski definition) is 3. The minimum Gasteiger partial charge on any atom is -0.261 e. The van der Waals surface area contributed by atoms with Gasteiger partial charge in [0.05, 0.1) is 11.7 Å². The number of anilines is 1. The SMILES string of the molecule is Fc1ccc(/C=N/Nc2ccc3ccccc3n2)c(F)c1. The second-order valence-corrected chi connectivity index (χ2v) is 4.43. The first kappa shape index (κ1) is 13.2. The molecule has 0 radical (unpaired) electrons. The molecule has 0 saturated heterocycles. The maximum Gasteiger partial charge on any atom is 0.146 e. The summed E-state index contributed by atoms with van der Waals surface area (Å²) in [4.78, 5) is 4.36. The maximum atomic E-state index is 13.4. The van der Waals surface area contributed by atoms with E-state index in [-0.39, 0.29) is 5.56 Å². The molecule has 1 heterocycles. The third-order valence-corrected chi connectivity index (χ3v) is 2.94. The molecular formula is C16H11F2N3. The highest BCUT2D eigenvalue weighted by Gasteiger charge is 2.01. The molecule has 0 atom stereocenters. The number of aromatic nitrogens is 1. The van der Waals surface area contributed by atoms with Crippen LogP contribution in [0.25, 0.3) is 10.9 Å². The molecule has 3 nitrogen and oxygen atoms in total. The highest BCUT2D eigenvalue weighted by molar-refractivity contribution is 5.82. The van der Waals surface area contributed by atoms with E-state index in [0.717, 1.165) is 17.0 Å². The Hall–Kier alpha value is -2.82. The number of nitrogens with one attached hydrogen (secondary N) is 1. The average Bonchev–Trinajstić information content (AvgIpc) is 2.49. The molecule has 0 saturated carbocycles. The van der Waals surface area contributed by atoms with E-state index < -0.39 is 11.6 Å². The molecule has 3 aromatic rings. The number of benzene rings is 2. The molecule has 0 aliphatic carbocycles. The molecule has 104 valence electrons. The van der Waals surface area contributed by atoms with Crippen molar-refractivity contribution in [2.45, 2.75) is 0 Å². The Balaban J connectivity index is 1.77. The number of fused-ring (bicyclic) bond motifs is 1. The molecule has 0 unspecified atom stereocenters. The molecule has 3 rings (SSSR count). The number of hydrazone groups is 1. The molecule has 0 fully saturated rings. The van der Waals surface area contributed by atoms with Crippen LogP contribution in [0.5, 0.6) is 0 Å². The van der Waals surface area contributed by atoms with Crippen LogP contribution in [0.4, 0.5) is 14.6 Å². The van der Waals surface area contributed by atoms with Gasteiger partial charge in [-0.15, -0.1) is 0 Å². The number of para-hydroxylation sites is 1. The third kappa shape index (κ3) is 3.02. The van der Waals surface area contributed by atoms with E-state index in [2.05, 4.69) is 15.5 Å². The first-order valence-corrected chi connectivity index (χ1v) is 6.32. The molecule has 1 N–H and O–H groups in total. The quantitative estimate of drug-likeness (QED) is 0.583. The molecule has 1 aromatic heterocycles. The Morgan fingerprint density at radius 1 is 1.00 bits per heavy atom. The van der Waals surface area contributed by atoms with Gasteiger partial charge >= 0.3 is 0 Å². The zero-order valence-electron chi connectivity index (χ0n) is 10.9. The number of hydrogen-bond donors (Lipinski definition) is 1. The summed E-state index contributed by atoms with van der Waals surface area (Å²) in [6.07, 6.45) is 1.28. The van der Waals surface area contributed by atoms with Crippen molar-refractivity contribution in [1.29, 1.82) is 0 Å². The molecule has 0 aliphatic heterocycles. The van der Waals surface area contributed by atoms with Crippen LogP contribution in [-0.2, 0) is 0 Å². The largest absolute Gasteiger partial charge is 0.261 e. The van der Waals surface area contributed by atoms with Crippen LogP contribution in [0.2, 0.25) is 0 Å². The summed E-state index contributed by atoms with van der Waals surface area (Å²) >= 11 is 0. The highest BCUT2D eigenvalue weighted by atomic mass is 19.1. The van der Waals surface area contributed by atoms with Gasteiger partial charge in [0.1, 0.15) is 17.5 Å². The summed E-state index contributed by atoms with van der Waals surface area (Å²) in [7, 11) is 0. The zero-order chi connectivity index (χ0) is 14.7. The van der Waals surface area contributed by atoms with E-state index in [1.807, 2.05) is 30.3 Å². The zero-order valence-corrected chi connectivity index (χ0v) is 10.9. The van der Waals surface area contributed by atoms with E-state index in [1.54, 1.807) is 6.07 Å². The van der Waals surface area contributed by atoms with Crippen LogP contribution in [-0.4, -0.2) is 11.2 Å². The second kappa shape index (κ2) is 5.66. The fourth-order valence-corrected chi connectivity index (χ4v) is 1.90. The van der Waals surface area contributed by atoms with E-state index in [9.17, 15) is 8.78 Å². The van der Waals surface area contributed by atoms with Gasteiger partial charge in [-0.05, 0) is 30.3 Å². The van der Waals surface area contributed by atoms with Crippen molar-refractivity contribution in [3.63, 3.8) is 0 Å². The Bertz CT molecular complexity index is 815. The van der Waals surface area contributed by atoms with Crippen LogP contribution in [0, 0.1) is 11.6 Å². The Labute approximate surface area is 120 Å². The average molecular weight is 283 g/mol. The second-order valence-electron chi connectivity index (χ2n) is 4.43. The lowest BCUT2D eigenvalue weighted by Gasteiger charge is -2.02. The minimum atomic E-state index is -0.660. The topological polar surface area (TPSA) is 37.3 Å². The predicted molar refractivity (Wildman–Crippen MR) is 79.3 cm³/mol. The molecule has 0 bridgehead atoms. The molecule has 21 heavy (non-hydrogen) atoms. The molecule has 5 heteroatoms. The maximum absolute atomic E-state index is 13.4. The van der Waals surface area contributed by atoms with Gasteiger partial charge in [0.25, 0.3) is 0 Å². The van der Waals surface area contributed by atoms with Crippen LogP contribution in [0.1, 0.15) is 5.56 Å². The van der Waals surface area contributed by atoms with Gasteiger partial charge in [0.15, 0.2) is 0 Å². The summed E-state index contributed by atoms with van der Waals surface area (Å²) in [5.41, 5.74) is 3.76. The van der Waals surface area contributed by atoms with E-state index >= 15 is 0 Å². The van der Waals surface area contributed by atoms with Crippen molar-refractivity contribution in [1.82, 2.24) is 4.98 Å². The third-order valence-electron chi connectivity index (χ3n) is 2.94. The van der Waals surface area contributed by atoms with Crippen LogP contribution in [0.15, 0.2) is 59.7 Å². The Kier molecular flexibility index (Phi) is 3.55. The first-order chi connectivity index (χ1) is 10.2. The van der Waals surface area contributed by atoms with Crippen molar-refractivity contribution >= 4 is 22.9 Å². The van der Waals surface area contributed by atoms with Crippen molar-refractivity contribution in [2.75, 3.05) is 5.43 Å². The number of halogens is 2. The highest BCUT2D eigenvalue weighted by Crippen LogP contribution is 2.14. The smallest absolute Gasteiger partial charge is 0.146 e. The number of nitrogens with zero attached hydrogens (tertiary/aromatic N) is 2. The van der Waals surface area contributed by atoms with Gasteiger partial charge in [-0.1, -0.05) is 18.2 Å². The van der Waals surface area contributed by atoms with Crippen molar-refractivity contribution < 1.29 is 8.78 Å². The summed E-state index contributed by atoms with van der Waals surface area (Å²) < 4.78 is 26.2. The van der Waals surface area contributed by atoms with Gasteiger partial charge in [0.2, 0.25) is 0 Å². The van der Waals surface area contributed by atoms with Crippen molar-refractivity contribution in [2.24, 2.45) is 5.10 Å². The van der Waals surface area contributed by atoms with Gasteiger partial charge < -0.3 is 0 Å². The van der Waals surface area contributed by atoms with Crippen LogP contribution in [0.3, 0.4) is 0 Å². The van der Waals surface area contributed by atoms with E-state index in [1.165, 1.54) is 18.3 Å². The monoisotopic (exact) mass is 283 g/mol. The van der Waals surface area contributed by atoms with Crippen molar-refractivity contribution in [3.05, 3.63) is 71.8 Å². The summed E-state index contributed by atoms with van der Waals surface area (Å²) in [6.45, 7) is 0. The molecule has 0 aliphatic rings. The fraction of sp³-hybridized carbons (Fsp3) is 0. The van der Waals surface area contributed by atoms with Gasteiger partial charge in [-0.2, -0.15) is 5.10 Å². The molecule has 2 aromatic carbocycles. The molecule has 0 amide bonds. The number of pyridine rings is 1. The molecular weight excluding hydrogens is 272 g/mol. The van der Waals surface area contributed by atoms with E-state index in [0.29, 0.717) is 5.82 Å². The molecule has 0 spiro atoms. The first-order valence-electron chi connectivity index (χ1n) is 6.32. The standard InChI is InChI=1S/C16H11F2N3/c17-13-7-5-12(14(18)9-13)10-19-21-16-8-6-11-3-1-2-4-15(11)20-16/h1-10H,(H,20,21)/b19-10+.